The summed E-state index contributed by atoms with van der Waals surface area (Å²) in [6.07, 6.45) is 0. The fourth-order valence-electron chi connectivity index (χ4n) is 2.02. The summed E-state index contributed by atoms with van der Waals surface area (Å²) >= 11 is 0. The molecule has 0 aliphatic heterocycles. The Balaban J connectivity index is 2.14. The van der Waals surface area contributed by atoms with E-state index >= 15 is 0 Å². The van der Waals surface area contributed by atoms with Gasteiger partial charge in [-0.2, -0.15) is 0 Å². The number of carbonyl (C=O) groups excluding carboxylic acids is 1. The van der Waals surface area contributed by atoms with Crippen molar-refractivity contribution in [2.45, 2.75) is 20.1 Å². The second-order valence-electron chi connectivity index (χ2n) is 4.68. The summed E-state index contributed by atoms with van der Waals surface area (Å²) in [6, 6.07) is 9.27. The van der Waals surface area contributed by atoms with Crippen LogP contribution in [0.5, 0.6) is 0 Å². The Kier molecular flexibility index (Phi) is 4.53. The fourth-order valence-corrected chi connectivity index (χ4v) is 2.02. The SMILES string of the molecule is COCc1ccccc1C(=O)N(C)Cc1cc(C)on1. The summed E-state index contributed by atoms with van der Waals surface area (Å²) in [7, 11) is 3.36. The molecule has 0 N–H and O–H groups in total. The van der Waals surface area contributed by atoms with E-state index in [4.69, 9.17) is 9.26 Å². The summed E-state index contributed by atoms with van der Waals surface area (Å²) in [5, 5.41) is 3.90. The molecule has 2 rings (SSSR count). The third kappa shape index (κ3) is 3.24. The zero-order valence-electron chi connectivity index (χ0n) is 11.9. The lowest BCUT2D eigenvalue weighted by Crippen LogP contribution is -2.27. The highest BCUT2D eigenvalue weighted by Crippen LogP contribution is 2.14. The molecule has 5 nitrogen and oxygen atoms in total. The number of amides is 1. The van der Waals surface area contributed by atoms with Crippen LogP contribution in [0.15, 0.2) is 34.9 Å². The van der Waals surface area contributed by atoms with Gasteiger partial charge in [-0.1, -0.05) is 23.4 Å². The first-order valence-electron chi connectivity index (χ1n) is 6.36. The molecular weight excluding hydrogens is 256 g/mol. The van der Waals surface area contributed by atoms with E-state index < -0.39 is 0 Å². The molecule has 1 amide bonds. The standard InChI is InChI=1S/C15H18N2O3/c1-11-8-13(16-20-11)9-17(2)15(18)14-7-5-4-6-12(14)10-19-3/h4-8H,9-10H2,1-3H3. The normalized spacial score (nSPS) is 10.6. The van der Waals surface area contributed by atoms with Crippen LogP contribution in [-0.2, 0) is 17.9 Å². The van der Waals surface area contributed by atoms with Crippen LogP contribution in [0.1, 0.15) is 27.4 Å². The Morgan fingerprint density at radius 1 is 1.40 bits per heavy atom. The van der Waals surface area contributed by atoms with Crippen molar-refractivity contribution in [2.75, 3.05) is 14.2 Å². The molecule has 0 aliphatic carbocycles. The van der Waals surface area contributed by atoms with Gasteiger partial charge in [0.1, 0.15) is 11.5 Å². The Morgan fingerprint density at radius 3 is 2.80 bits per heavy atom. The monoisotopic (exact) mass is 274 g/mol. The number of hydrogen-bond donors (Lipinski definition) is 0. The van der Waals surface area contributed by atoms with Crippen molar-refractivity contribution in [3.63, 3.8) is 0 Å². The van der Waals surface area contributed by atoms with Crippen LogP contribution in [-0.4, -0.2) is 30.1 Å². The van der Waals surface area contributed by atoms with Crippen LogP contribution in [0.25, 0.3) is 0 Å². The molecule has 5 heteroatoms. The van der Waals surface area contributed by atoms with Crippen LogP contribution >= 0.6 is 0 Å². The van der Waals surface area contributed by atoms with Crippen molar-refractivity contribution < 1.29 is 14.1 Å². The molecule has 1 heterocycles. The number of rotatable bonds is 5. The minimum atomic E-state index is -0.0571. The van der Waals surface area contributed by atoms with Crippen molar-refractivity contribution in [1.29, 1.82) is 0 Å². The van der Waals surface area contributed by atoms with E-state index in [1.165, 1.54) is 0 Å². The second-order valence-corrected chi connectivity index (χ2v) is 4.68. The lowest BCUT2D eigenvalue weighted by Gasteiger charge is -2.17. The van der Waals surface area contributed by atoms with E-state index in [1.54, 1.807) is 25.1 Å². The molecule has 1 aromatic carbocycles. The van der Waals surface area contributed by atoms with Gasteiger partial charge in [0.05, 0.1) is 13.2 Å². The molecule has 0 fully saturated rings. The Labute approximate surface area is 118 Å². The number of hydrogen-bond acceptors (Lipinski definition) is 4. The van der Waals surface area contributed by atoms with E-state index in [-0.39, 0.29) is 5.91 Å². The maximum atomic E-state index is 12.5. The lowest BCUT2D eigenvalue weighted by molar-refractivity contribution is 0.0777. The van der Waals surface area contributed by atoms with Gasteiger partial charge >= 0.3 is 0 Å². The summed E-state index contributed by atoms with van der Waals surface area (Å²) in [4.78, 5) is 14.1. The number of aryl methyl sites for hydroxylation is 1. The highest BCUT2D eigenvalue weighted by Gasteiger charge is 2.16. The van der Waals surface area contributed by atoms with Crippen LogP contribution in [0, 0.1) is 6.92 Å². The van der Waals surface area contributed by atoms with Crippen LogP contribution < -0.4 is 0 Å². The van der Waals surface area contributed by atoms with Gasteiger partial charge in [-0.05, 0) is 18.6 Å². The molecule has 0 radical (unpaired) electrons. The van der Waals surface area contributed by atoms with Gasteiger partial charge in [-0.25, -0.2) is 0 Å². The minimum absolute atomic E-state index is 0.0571. The second kappa shape index (κ2) is 6.34. The topological polar surface area (TPSA) is 55.6 Å². The van der Waals surface area contributed by atoms with E-state index in [0.717, 1.165) is 17.0 Å². The smallest absolute Gasteiger partial charge is 0.254 e. The minimum Gasteiger partial charge on any atom is -0.380 e. The summed E-state index contributed by atoms with van der Waals surface area (Å²) < 4.78 is 10.1. The van der Waals surface area contributed by atoms with E-state index in [9.17, 15) is 4.79 Å². The van der Waals surface area contributed by atoms with Crippen LogP contribution in [0.3, 0.4) is 0 Å². The summed E-state index contributed by atoms with van der Waals surface area (Å²) in [6.45, 7) is 2.66. The number of methoxy groups -OCH3 is 1. The molecule has 0 bridgehead atoms. The molecule has 0 aliphatic rings. The van der Waals surface area contributed by atoms with Gasteiger partial charge < -0.3 is 14.2 Å². The first-order valence-corrected chi connectivity index (χ1v) is 6.36. The Morgan fingerprint density at radius 2 is 2.15 bits per heavy atom. The van der Waals surface area contributed by atoms with Gasteiger partial charge in [-0.15, -0.1) is 0 Å². The zero-order valence-corrected chi connectivity index (χ0v) is 11.9. The van der Waals surface area contributed by atoms with Gasteiger partial charge in [0.15, 0.2) is 0 Å². The highest BCUT2D eigenvalue weighted by atomic mass is 16.5. The molecule has 1 aromatic heterocycles. The molecule has 0 atom stereocenters. The van der Waals surface area contributed by atoms with Gasteiger partial charge in [0.2, 0.25) is 0 Å². The number of benzene rings is 1. The van der Waals surface area contributed by atoms with E-state index in [0.29, 0.717) is 18.7 Å². The average molecular weight is 274 g/mol. The Bertz CT molecular complexity index is 592. The van der Waals surface area contributed by atoms with Crippen molar-refractivity contribution in [1.82, 2.24) is 10.1 Å². The van der Waals surface area contributed by atoms with Crippen molar-refractivity contribution >= 4 is 5.91 Å². The molecular formula is C15H18N2O3. The molecule has 0 unspecified atom stereocenters. The predicted octanol–water partition coefficient (Wildman–Crippen LogP) is 2.40. The van der Waals surface area contributed by atoms with Gasteiger partial charge in [0, 0.05) is 25.8 Å². The molecule has 0 saturated carbocycles. The summed E-state index contributed by atoms with van der Waals surface area (Å²) in [5.74, 6) is 0.680. The van der Waals surface area contributed by atoms with Crippen molar-refractivity contribution in [3.8, 4) is 0 Å². The first kappa shape index (κ1) is 14.3. The average Bonchev–Trinajstić information content (AvgIpc) is 2.84. The number of carbonyl (C=O) groups is 1. The molecule has 2 aromatic rings. The third-order valence-electron chi connectivity index (χ3n) is 2.97. The first-order chi connectivity index (χ1) is 9.61. The maximum Gasteiger partial charge on any atom is 0.254 e. The maximum absolute atomic E-state index is 12.5. The largest absolute Gasteiger partial charge is 0.380 e. The predicted molar refractivity (Wildman–Crippen MR) is 74.2 cm³/mol. The quantitative estimate of drug-likeness (QED) is 0.840. The third-order valence-corrected chi connectivity index (χ3v) is 2.97. The zero-order chi connectivity index (χ0) is 14.5. The van der Waals surface area contributed by atoms with Crippen molar-refractivity contribution in [2.24, 2.45) is 0 Å². The number of nitrogens with zero attached hydrogens (tertiary/aromatic N) is 2. The number of ether oxygens (including phenoxy) is 1. The van der Waals surface area contributed by atoms with Crippen LogP contribution in [0.2, 0.25) is 0 Å². The fraction of sp³-hybridized carbons (Fsp3) is 0.333. The Hall–Kier alpha value is -2.14. The summed E-state index contributed by atoms with van der Waals surface area (Å²) in [5.41, 5.74) is 2.27. The van der Waals surface area contributed by atoms with Crippen LogP contribution in [0.4, 0.5) is 0 Å². The molecule has 0 spiro atoms. The van der Waals surface area contributed by atoms with Gasteiger partial charge in [-0.3, -0.25) is 4.79 Å². The molecule has 0 saturated heterocycles. The van der Waals surface area contributed by atoms with E-state index in [1.807, 2.05) is 31.2 Å². The highest BCUT2D eigenvalue weighted by molar-refractivity contribution is 5.95. The molecule has 106 valence electrons. The lowest BCUT2D eigenvalue weighted by atomic mass is 10.1. The van der Waals surface area contributed by atoms with Gasteiger partial charge in [0.25, 0.3) is 5.91 Å². The van der Waals surface area contributed by atoms with E-state index in [2.05, 4.69) is 5.16 Å². The number of aromatic nitrogens is 1. The van der Waals surface area contributed by atoms with Crippen molar-refractivity contribution in [3.05, 3.63) is 52.9 Å². The molecule has 20 heavy (non-hydrogen) atoms.